The van der Waals surface area contributed by atoms with E-state index in [1.807, 2.05) is 32.0 Å². The summed E-state index contributed by atoms with van der Waals surface area (Å²) in [5, 5.41) is 2.43. The molecular weight excluding hydrogens is 301 g/mol. The fraction of sp³-hybridized carbons (Fsp3) is 0.235. The zero-order valence-electron chi connectivity index (χ0n) is 12.8. The maximum atomic E-state index is 13.4. The van der Waals surface area contributed by atoms with Gasteiger partial charge in [-0.15, -0.1) is 0 Å². The molecule has 0 aliphatic carbocycles. The molecule has 5 heteroatoms. The molecule has 0 saturated carbocycles. The average Bonchev–Trinajstić information content (AvgIpc) is 2.48. The molecule has 2 rings (SSSR count). The van der Waals surface area contributed by atoms with Crippen LogP contribution in [-0.2, 0) is 6.61 Å². The zero-order chi connectivity index (χ0) is 16.1. The van der Waals surface area contributed by atoms with Crippen LogP contribution in [0.3, 0.4) is 0 Å². The van der Waals surface area contributed by atoms with Crippen LogP contribution in [0.25, 0.3) is 0 Å². The van der Waals surface area contributed by atoms with Crippen molar-refractivity contribution in [3.05, 3.63) is 58.9 Å². The molecule has 0 aliphatic heterocycles. The first-order chi connectivity index (χ1) is 10.5. The largest absolute Gasteiger partial charge is 0.489 e. The van der Waals surface area contributed by atoms with Crippen molar-refractivity contribution in [3.63, 3.8) is 0 Å². The predicted octanol–water partition coefficient (Wildman–Crippen LogP) is 4.92. The lowest BCUT2D eigenvalue weighted by atomic mass is 10.1. The van der Waals surface area contributed by atoms with Crippen LogP contribution in [0.15, 0.2) is 36.4 Å². The number of anilines is 1. The Morgan fingerprint density at radius 2 is 2.00 bits per heavy atom. The number of benzene rings is 2. The van der Waals surface area contributed by atoms with Crippen molar-refractivity contribution in [1.29, 1.82) is 0 Å². The molecule has 2 aromatic carbocycles. The van der Waals surface area contributed by atoms with Crippen LogP contribution in [0, 0.1) is 19.7 Å². The van der Waals surface area contributed by atoms with Gasteiger partial charge in [0.1, 0.15) is 18.2 Å². The van der Waals surface area contributed by atoms with E-state index >= 15 is 0 Å². The summed E-state index contributed by atoms with van der Waals surface area (Å²) in [5.74, 6) is 0.378. The molecule has 3 nitrogen and oxygen atoms in total. The van der Waals surface area contributed by atoms with E-state index in [0.29, 0.717) is 5.69 Å². The van der Waals surface area contributed by atoms with Gasteiger partial charge in [-0.3, -0.25) is 4.79 Å². The van der Waals surface area contributed by atoms with Gasteiger partial charge in [-0.2, -0.15) is 0 Å². The molecule has 0 heterocycles. The fourth-order valence-corrected chi connectivity index (χ4v) is 2.28. The SMILES string of the molecule is CSC(=O)Nc1cc(F)ccc1COc1ccc(C)cc1C. The van der Waals surface area contributed by atoms with E-state index in [9.17, 15) is 9.18 Å². The Morgan fingerprint density at radius 3 is 2.68 bits per heavy atom. The Bertz CT molecular complexity index is 688. The zero-order valence-corrected chi connectivity index (χ0v) is 13.6. The van der Waals surface area contributed by atoms with E-state index in [2.05, 4.69) is 5.32 Å². The van der Waals surface area contributed by atoms with Gasteiger partial charge < -0.3 is 10.1 Å². The molecule has 116 valence electrons. The Kier molecular flexibility index (Phi) is 5.44. The van der Waals surface area contributed by atoms with E-state index in [1.165, 1.54) is 17.7 Å². The number of nitrogens with one attached hydrogen (secondary N) is 1. The minimum atomic E-state index is -0.397. The third kappa shape index (κ3) is 4.24. The molecule has 0 saturated heterocycles. The molecule has 0 unspecified atom stereocenters. The van der Waals surface area contributed by atoms with Gasteiger partial charge in [0.2, 0.25) is 0 Å². The lowest BCUT2D eigenvalue weighted by Crippen LogP contribution is -2.08. The van der Waals surface area contributed by atoms with Gasteiger partial charge in [0, 0.05) is 5.56 Å². The van der Waals surface area contributed by atoms with Crippen LogP contribution in [0.4, 0.5) is 14.9 Å². The maximum Gasteiger partial charge on any atom is 0.283 e. The molecule has 0 spiro atoms. The van der Waals surface area contributed by atoms with Gasteiger partial charge in [-0.1, -0.05) is 35.5 Å². The second-order valence-corrected chi connectivity index (χ2v) is 5.75. The molecule has 1 amide bonds. The number of aryl methyl sites for hydroxylation is 2. The molecule has 0 aliphatic rings. The smallest absolute Gasteiger partial charge is 0.283 e. The monoisotopic (exact) mass is 319 g/mol. The molecule has 0 bridgehead atoms. The minimum absolute atomic E-state index is 0.238. The Balaban J connectivity index is 2.16. The molecule has 0 fully saturated rings. The highest BCUT2D eigenvalue weighted by Crippen LogP contribution is 2.23. The molecule has 22 heavy (non-hydrogen) atoms. The first-order valence-electron chi connectivity index (χ1n) is 6.83. The van der Waals surface area contributed by atoms with Crippen molar-refractivity contribution in [2.75, 3.05) is 11.6 Å². The summed E-state index contributed by atoms with van der Waals surface area (Å²) < 4.78 is 19.2. The number of hydrogen-bond donors (Lipinski definition) is 1. The molecule has 1 N–H and O–H groups in total. The number of hydrogen-bond acceptors (Lipinski definition) is 3. The Morgan fingerprint density at radius 1 is 1.23 bits per heavy atom. The predicted molar refractivity (Wildman–Crippen MR) is 89.2 cm³/mol. The second kappa shape index (κ2) is 7.31. The minimum Gasteiger partial charge on any atom is -0.489 e. The quantitative estimate of drug-likeness (QED) is 0.869. The Labute approximate surface area is 133 Å². The van der Waals surface area contributed by atoms with Crippen LogP contribution >= 0.6 is 11.8 Å². The number of rotatable bonds is 4. The van der Waals surface area contributed by atoms with Crippen molar-refractivity contribution in [2.24, 2.45) is 0 Å². The van der Waals surface area contributed by atoms with Gasteiger partial charge in [-0.05, 0) is 43.9 Å². The van der Waals surface area contributed by atoms with E-state index in [4.69, 9.17) is 4.74 Å². The third-order valence-corrected chi connectivity index (χ3v) is 3.68. The van der Waals surface area contributed by atoms with Crippen molar-refractivity contribution in [3.8, 4) is 5.75 Å². The number of carbonyl (C=O) groups excluding carboxylic acids is 1. The van der Waals surface area contributed by atoms with Crippen LogP contribution < -0.4 is 10.1 Å². The van der Waals surface area contributed by atoms with Gasteiger partial charge in [0.15, 0.2) is 0 Å². The topological polar surface area (TPSA) is 38.3 Å². The van der Waals surface area contributed by atoms with E-state index in [0.717, 1.165) is 28.6 Å². The average molecular weight is 319 g/mol. The number of ether oxygens (including phenoxy) is 1. The van der Waals surface area contributed by atoms with Crippen molar-refractivity contribution in [2.45, 2.75) is 20.5 Å². The first-order valence-corrected chi connectivity index (χ1v) is 8.05. The standard InChI is InChI=1S/C17H18FNO2S/c1-11-4-7-16(12(2)8-11)21-10-13-5-6-14(18)9-15(13)19-17(20)22-3/h4-9H,10H2,1-3H3,(H,19,20). The molecule has 2 aromatic rings. The van der Waals surface area contributed by atoms with E-state index < -0.39 is 5.82 Å². The number of halogens is 1. The summed E-state index contributed by atoms with van der Waals surface area (Å²) in [6.45, 7) is 4.25. The summed E-state index contributed by atoms with van der Waals surface area (Å²) in [5.41, 5.74) is 3.37. The van der Waals surface area contributed by atoms with E-state index in [-0.39, 0.29) is 11.8 Å². The van der Waals surface area contributed by atoms with Crippen molar-refractivity contribution >= 4 is 22.7 Å². The molecular formula is C17H18FNO2S. The van der Waals surface area contributed by atoms with Gasteiger partial charge in [0.05, 0.1) is 5.69 Å². The highest BCUT2D eigenvalue weighted by atomic mass is 32.2. The number of amides is 1. The van der Waals surface area contributed by atoms with Crippen LogP contribution in [0.1, 0.15) is 16.7 Å². The maximum absolute atomic E-state index is 13.4. The van der Waals surface area contributed by atoms with Gasteiger partial charge >= 0.3 is 0 Å². The summed E-state index contributed by atoms with van der Waals surface area (Å²) in [6.07, 6.45) is 1.67. The van der Waals surface area contributed by atoms with Crippen LogP contribution in [0.5, 0.6) is 5.75 Å². The summed E-state index contributed by atoms with van der Waals surface area (Å²) in [6, 6.07) is 10.2. The van der Waals surface area contributed by atoms with Crippen LogP contribution in [-0.4, -0.2) is 11.5 Å². The van der Waals surface area contributed by atoms with Crippen molar-refractivity contribution < 1.29 is 13.9 Å². The molecule has 0 aromatic heterocycles. The third-order valence-electron chi connectivity index (χ3n) is 3.21. The number of carbonyl (C=O) groups is 1. The summed E-state index contributed by atoms with van der Waals surface area (Å²) in [4.78, 5) is 11.5. The lowest BCUT2D eigenvalue weighted by molar-refractivity contribution is 0.269. The van der Waals surface area contributed by atoms with Crippen molar-refractivity contribution in [1.82, 2.24) is 0 Å². The molecule has 0 radical (unpaired) electrons. The van der Waals surface area contributed by atoms with Gasteiger partial charge in [-0.25, -0.2) is 4.39 Å². The lowest BCUT2D eigenvalue weighted by Gasteiger charge is -2.13. The first kappa shape index (κ1) is 16.4. The Hall–Kier alpha value is -2.01. The second-order valence-electron chi connectivity index (χ2n) is 4.98. The van der Waals surface area contributed by atoms with Gasteiger partial charge in [0.25, 0.3) is 5.24 Å². The highest BCUT2D eigenvalue weighted by molar-refractivity contribution is 8.13. The summed E-state index contributed by atoms with van der Waals surface area (Å²) in [7, 11) is 0. The van der Waals surface area contributed by atoms with Crippen LogP contribution in [0.2, 0.25) is 0 Å². The van der Waals surface area contributed by atoms with E-state index in [1.54, 1.807) is 12.3 Å². The fourth-order valence-electron chi connectivity index (χ4n) is 2.07. The summed E-state index contributed by atoms with van der Waals surface area (Å²) >= 11 is 1.04. The number of thioether (sulfide) groups is 1. The normalized spacial score (nSPS) is 10.4. The molecule has 0 atom stereocenters. The highest BCUT2D eigenvalue weighted by Gasteiger charge is 2.09.